The molecule has 2 fully saturated rings. The maximum Gasteiger partial charge on any atom is 0.321 e. The van der Waals surface area contributed by atoms with Gasteiger partial charge in [0.15, 0.2) is 5.75 Å². The molecule has 1 aromatic carbocycles. The summed E-state index contributed by atoms with van der Waals surface area (Å²) in [6, 6.07) is 9.22. The second-order valence-electron chi connectivity index (χ2n) is 9.23. The van der Waals surface area contributed by atoms with Crippen molar-refractivity contribution in [2.24, 2.45) is 0 Å². The summed E-state index contributed by atoms with van der Waals surface area (Å²) in [5.74, 6) is 1.07. The highest BCUT2D eigenvalue weighted by Crippen LogP contribution is 2.32. The lowest BCUT2D eigenvalue weighted by atomic mass is 10.1. The monoisotopic (exact) mass is 463 g/mol. The number of aryl methyl sites for hydroxylation is 1. The Kier molecular flexibility index (Phi) is 5.65. The van der Waals surface area contributed by atoms with Crippen LogP contribution in [0.5, 0.6) is 11.5 Å². The van der Waals surface area contributed by atoms with Crippen molar-refractivity contribution in [1.29, 1.82) is 0 Å². The van der Waals surface area contributed by atoms with E-state index >= 15 is 0 Å². The third kappa shape index (κ3) is 4.19. The van der Waals surface area contributed by atoms with Crippen LogP contribution >= 0.6 is 0 Å². The number of carbonyl (C=O) groups is 2. The molecule has 9 nitrogen and oxygen atoms in total. The summed E-state index contributed by atoms with van der Waals surface area (Å²) in [6.07, 6.45) is 5.51. The van der Waals surface area contributed by atoms with Gasteiger partial charge in [0.2, 0.25) is 0 Å². The predicted octanol–water partition coefficient (Wildman–Crippen LogP) is 3.34. The van der Waals surface area contributed by atoms with Crippen molar-refractivity contribution in [3.63, 3.8) is 0 Å². The molecule has 0 radical (unpaired) electrons. The van der Waals surface area contributed by atoms with Crippen LogP contribution in [0.1, 0.15) is 42.1 Å². The summed E-state index contributed by atoms with van der Waals surface area (Å²) < 4.78 is 7.81. The number of β-amino-alcohol motifs (C(OH)–C–C–N with tert-alkyl or cyclic N) is 1. The number of carbonyl (C=O) groups excluding carboxylic acids is 2. The van der Waals surface area contributed by atoms with Gasteiger partial charge in [-0.3, -0.25) is 9.69 Å². The highest BCUT2D eigenvalue weighted by molar-refractivity contribution is 5.98. The van der Waals surface area contributed by atoms with Gasteiger partial charge in [-0.05, 0) is 62.9 Å². The van der Waals surface area contributed by atoms with E-state index in [1.54, 1.807) is 39.8 Å². The fraction of sp³-hybridized carbons (Fsp3) is 0.400. The van der Waals surface area contributed by atoms with Crippen molar-refractivity contribution in [1.82, 2.24) is 19.8 Å². The van der Waals surface area contributed by atoms with Crippen LogP contribution < -0.4 is 15.0 Å². The zero-order valence-electron chi connectivity index (χ0n) is 19.6. The first-order valence-electron chi connectivity index (χ1n) is 11.6. The van der Waals surface area contributed by atoms with Gasteiger partial charge in [0.05, 0.1) is 17.9 Å². The van der Waals surface area contributed by atoms with Crippen molar-refractivity contribution in [3.05, 3.63) is 53.9 Å². The summed E-state index contributed by atoms with van der Waals surface area (Å²) in [4.78, 5) is 28.8. The van der Waals surface area contributed by atoms with E-state index in [1.165, 1.54) is 0 Å². The summed E-state index contributed by atoms with van der Waals surface area (Å²) in [7, 11) is 1.74. The molecule has 1 saturated heterocycles. The molecule has 0 spiro atoms. The SMILES string of the molecule is Cc1c(C(=O)N2C[C@H](O)C[C@H]2C)cn2nccc(Oc3ccc(N(C)C(=O)NC4CC4)cc3)c12. The van der Waals surface area contributed by atoms with Crippen LogP contribution in [0.15, 0.2) is 42.7 Å². The van der Waals surface area contributed by atoms with Crippen molar-refractivity contribution in [2.75, 3.05) is 18.5 Å². The Balaban J connectivity index is 1.37. The topological polar surface area (TPSA) is 99.4 Å². The molecule has 3 aromatic rings. The highest BCUT2D eigenvalue weighted by atomic mass is 16.5. The Morgan fingerprint density at radius 2 is 1.94 bits per heavy atom. The zero-order valence-corrected chi connectivity index (χ0v) is 19.6. The van der Waals surface area contributed by atoms with E-state index in [-0.39, 0.29) is 18.0 Å². The van der Waals surface area contributed by atoms with Gasteiger partial charge in [-0.1, -0.05) is 0 Å². The number of aromatic nitrogens is 2. The van der Waals surface area contributed by atoms with E-state index in [0.29, 0.717) is 41.6 Å². The first-order valence-corrected chi connectivity index (χ1v) is 11.6. The smallest absolute Gasteiger partial charge is 0.321 e. The van der Waals surface area contributed by atoms with Crippen LogP contribution in [0.3, 0.4) is 0 Å². The van der Waals surface area contributed by atoms with Crippen molar-refractivity contribution in [3.8, 4) is 11.5 Å². The lowest BCUT2D eigenvalue weighted by Crippen LogP contribution is -2.38. The van der Waals surface area contributed by atoms with Gasteiger partial charge in [0, 0.05) is 43.6 Å². The molecule has 1 saturated carbocycles. The minimum atomic E-state index is -0.491. The number of anilines is 1. The Morgan fingerprint density at radius 3 is 2.59 bits per heavy atom. The molecule has 1 aliphatic carbocycles. The molecule has 0 unspecified atom stereocenters. The second-order valence-corrected chi connectivity index (χ2v) is 9.23. The fourth-order valence-corrected chi connectivity index (χ4v) is 4.44. The lowest BCUT2D eigenvalue weighted by Gasteiger charge is -2.20. The largest absolute Gasteiger partial charge is 0.455 e. The number of benzene rings is 1. The average Bonchev–Trinajstić information content (AvgIpc) is 3.48. The van der Waals surface area contributed by atoms with Gasteiger partial charge in [0.1, 0.15) is 11.3 Å². The van der Waals surface area contributed by atoms with Crippen LogP contribution in [-0.2, 0) is 0 Å². The molecule has 0 bridgehead atoms. The third-order valence-electron chi connectivity index (χ3n) is 6.60. The Hall–Kier alpha value is -3.59. The third-order valence-corrected chi connectivity index (χ3v) is 6.60. The summed E-state index contributed by atoms with van der Waals surface area (Å²) in [5, 5.41) is 17.3. The van der Waals surface area contributed by atoms with Gasteiger partial charge in [-0.2, -0.15) is 5.10 Å². The number of hydrogen-bond acceptors (Lipinski definition) is 5. The maximum atomic E-state index is 13.2. The zero-order chi connectivity index (χ0) is 24.0. The number of amides is 3. The standard InChI is InChI=1S/C25H29N5O4/c1-15-12-19(31)13-29(15)24(32)21-14-30-23(16(21)2)22(10-11-26-30)34-20-8-6-18(7-9-20)28(3)25(33)27-17-4-5-17/h6-11,14-15,17,19,31H,4-5,12-13H2,1-3H3,(H,27,33)/t15-,19-/m1/s1. The van der Waals surface area contributed by atoms with E-state index < -0.39 is 6.10 Å². The van der Waals surface area contributed by atoms with Crippen molar-refractivity contribution < 1.29 is 19.4 Å². The lowest BCUT2D eigenvalue weighted by molar-refractivity contribution is 0.0725. The normalized spacial score (nSPS) is 19.9. The molecule has 2 atom stereocenters. The number of ether oxygens (including phenoxy) is 1. The molecule has 178 valence electrons. The minimum Gasteiger partial charge on any atom is -0.455 e. The summed E-state index contributed by atoms with van der Waals surface area (Å²) in [5.41, 5.74) is 2.79. The van der Waals surface area contributed by atoms with Crippen LogP contribution in [0.4, 0.5) is 10.5 Å². The summed E-state index contributed by atoms with van der Waals surface area (Å²) in [6.45, 7) is 4.16. The van der Waals surface area contributed by atoms with Gasteiger partial charge < -0.3 is 20.1 Å². The number of nitrogens with one attached hydrogen (secondary N) is 1. The molecule has 3 amide bonds. The number of aliphatic hydroxyl groups is 1. The molecule has 2 aliphatic rings. The van der Waals surface area contributed by atoms with Crippen molar-refractivity contribution >= 4 is 23.1 Å². The molecule has 2 aromatic heterocycles. The first kappa shape index (κ1) is 22.2. The summed E-state index contributed by atoms with van der Waals surface area (Å²) >= 11 is 0. The van der Waals surface area contributed by atoms with Crippen LogP contribution in [0.25, 0.3) is 5.52 Å². The Labute approximate surface area is 197 Å². The van der Waals surface area contributed by atoms with Gasteiger partial charge >= 0.3 is 6.03 Å². The number of likely N-dealkylation sites (tertiary alicyclic amines) is 1. The number of hydrogen-bond donors (Lipinski definition) is 2. The number of fused-ring (bicyclic) bond motifs is 1. The molecule has 3 heterocycles. The van der Waals surface area contributed by atoms with Gasteiger partial charge in [-0.15, -0.1) is 0 Å². The van der Waals surface area contributed by atoms with E-state index in [0.717, 1.165) is 24.1 Å². The molecule has 5 rings (SSSR count). The number of aliphatic hydroxyl groups excluding tert-OH is 1. The van der Waals surface area contributed by atoms with Crippen LogP contribution in [-0.4, -0.2) is 63.3 Å². The molecular weight excluding hydrogens is 434 g/mol. The molecular formula is C25H29N5O4. The maximum absolute atomic E-state index is 13.2. The molecule has 34 heavy (non-hydrogen) atoms. The van der Waals surface area contributed by atoms with E-state index in [2.05, 4.69) is 10.4 Å². The highest BCUT2D eigenvalue weighted by Gasteiger charge is 2.33. The van der Waals surface area contributed by atoms with Gasteiger partial charge in [-0.25, -0.2) is 9.31 Å². The van der Waals surface area contributed by atoms with E-state index in [4.69, 9.17) is 4.74 Å². The predicted molar refractivity (Wildman–Crippen MR) is 128 cm³/mol. The average molecular weight is 464 g/mol. The second kappa shape index (κ2) is 8.64. The number of nitrogens with zero attached hydrogens (tertiary/aromatic N) is 4. The van der Waals surface area contributed by atoms with E-state index in [1.807, 2.05) is 38.1 Å². The van der Waals surface area contributed by atoms with Gasteiger partial charge in [0.25, 0.3) is 5.91 Å². The molecule has 2 N–H and O–H groups in total. The van der Waals surface area contributed by atoms with Crippen LogP contribution in [0, 0.1) is 6.92 Å². The quantitative estimate of drug-likeness (QED) is 0.605. The number of rotatable bonds is 5. The minimum absolute atomic E-state index is 0.0170. The fourth-order valence-electron chi connectivity index (χ4n) is 4.44. The van der Waals surface area contributed by atoms with Crippen molar-refractivity contribution in [2.45, 2.75) is 51.3 Å². The van der Waals surface area contributed by atoms with Crippen LogP contribution in [0.2, 0.25) is 0 Å². The Morgan fingerprint density at radius 1 is 1.21 bits per heavy atom. The first-order chi connectivity index (χ1) is 16.3. The Bertz CT molecular complexity index is 1230. The van der Waals surface area contributed by atoms with E-state index in [9.17, 15) is 14.7 Å². The number of urea groups is 1. The molecule has 9 heteroatoms. The molecule has 1 aliphatic heterocycles.